The van der Waals surface area contributed by atoms with Crippen LogP contribution in [0, 0.1) is 0 Å². The molecule has 0 fully saturated rings. The molecule has 1 aromatic carbocycles. The Morgan fingerprint density at radius 3 is 3.06 bits per heavy atom. The van der Waals surface area contributed by atoms with Crippen LogP contribution in [0.3, 0.4) is 0 Å². The van der Waals surface area contributed by atoms with Crippen molar-refractivity contribution in [3.05, 3.63) is 30.2 Å². The number of aromatic nitrogens is 2. The minimum atomic E-state index is 0.501. The normalized spacial score (nSPS) is 10.5. The van der Waals surface area contributed by atoms with Crippen molar-refractivity contribution >= 4 is 0 Å². The van der Waals surface area contributed by atoms with Crippen molar-refractivity contribution < 1.29 is 9.26 Å². The topological polar surface area (TPSA) is 74.2 Å². The highest BCUT2D eigenvalue weighted by Gasteiger charge is 2.08. The fourth-order valence-corrected chi connectivity index (χ4v) is 1.49. The Bertz CT molecular complexity index is 482. The molecule has 0 aliphatic heterocycles. The molecule has 17 heavy (non-hydrogen) atoms. The SMILES string of the molecule is CCOc1cccc(-c2noc(CCN)n2)c1. The maximum atomic E-state index is 5.42. The molecule has 5 nitrogen and oxygen atoms in total. The van der Waals surface area contributed by atoms with Crippen molar-refractivity contribution in [2.75, 3.05) is 13.2 Å². The molecule has 0 aliphatic carbocycles. The second kappa shape index (κ2) is 5.45. The second-order valence-corrected chi connectivity index (χ2v) is 3.51. The van der Waals surface area contributed by atoms with Crippen molar-refractivity contribution in [1.29, 1.82) is 0 Å². The van der Waals surface area contributed by atoms with E-state index in [0.717, 1.165) is 11.3 Å². The van der Waals surface area contributed by atoms with E-state index in [1.807, 2.05) is 31.2 Å². The van der Waals surface area contributed by atoms with Gasteiger partial charge < -0.3 is 15.0 Å². The first kappa shape index (κ1) is 11.6. The number of rotatable bonds is 5. The van der Waals surface area contributed by atoms with E-state index >= 15 is 0 Å². The third-order valence-corrected chi connectivity index (χ3v) is 2.23. The molecule has 0 saturated heterocycles. The van der Waals surface area contributed by atoms with Gasteiger partial charge in [-0.3, -0.25) is 0 Å². The van der Waals surface area contributed by atoms with Gasteiger partial charge in [-0.25, -0.2) is 0 Å². The van der Waals surface area contributed by atoms with Gasteiger partial charge >= 0.3 is 0 Å². The van der Waals surface area contributed by atoms with Crippen molar-refractivity contribution in [3.63, 3.8) is 0 Å². The van der Waals surface area contributed by atoms with E-state index in [1.54, 1.807) is 0 Å². The zero-order valence-corrected chi connectivity index (χ0v) is 9.72. The van der Waals surface area contributed by atoms with Crippen LogP contribution in [0.15, 0.2) is 28.8 Å². The molecule has 1 aromatic heterocycles. The highest BCUT2D eigenvalue weighted by atomic mass is 16.5. The molecule has 0 bridgehead atoms. The highest BCUT2D eigenvalue weighted by Crippen LogP contribution is 2.21. The molecule has 0 radical (unpaired) electrons. The second-order valence-electron chi connectivity index (χ2n) is 3.51. The minimum absolute atomic E-state index is 0.501. The Hall–Kier alpha value is -1.88. The summed E-state index contributed by atoms with van der Waals surface area (Å²) in [6, 6.07) is 7.60. The first-order valence-corrected chi connectivity index (χ1v) is 5.59. The maximum Gasteiger partial charge on any atom is 0.228 e. The Labute approximate surface area is 99.6 Å². The third-order valence-electron chi connectivity index (χ3n) is 2.23. The molecule has 2 N–H and O–H groups in total. The lowest BCUT2D eigenvalue weighted by atomic mass is 10.2. The van der Waals surface area contributed by atoms with E-state index in [0.29, 0.717) is 31.3 Å². The van der Waals surface area contributed by atoms with Crippen LogP contribution >= 0.6 is 0 Å². The fourth-order valence-electron chi connectivity index (χ4n) is 1.49. The van der Waals surface area contributed by atoms with Crippen LogP contribution in [0.5, 0.6) is 5.75 Å². The van der Waals surface area contributed by atoms with Gasteiger partial charge in [-0.15, -0.1) is 0 Å². The Kier molecular flexibility index (Phi) is 3.72. The summed E-state index contributed by atoms with van der Waals surface area (Å²) >= 11 is 0. The molecule has 0 saturated carbocycles. The van der Waals surface area contributed by atoms with Crippen molar-refractivity contribution in [2.24, 2.45) is 5.73 Å². The number of nitrogens with two attached hydrogens (primary N) is 1. The average molecular weight is 233 g/mol. The molecule has 2 aromatic rings. The zero-order chi connectivity index (χ0) is 12.1. The van der Waals surface area contributed by atoms with Crippen LogP contribution < -0.4 is 10.5 Å². The lowest BCUT2D eigenvalue weighted by Gasteiger charge is -2.02. The van der Waals surface area contributed by atoms with Gasteiger partial charge in [0.05, 0.1) is 6.61 Å². The fraction of sp³-hybridized carbons (Fsp3) is 0.333. The van der Waals surface area contributed by atoms with Gasteiger partial charge in [0.1, 0.15) is 5.75 Å². The van der Waals surface area contributed by atoms with E-state index < -0.39 is 0 Å². The third kappa shape index (κ3) is 2.82. The first-order chi connectivity index (χ1) is 8.33. The van der Waals surface area contributed by atoms with Crippen LogP contribution in [0.25, 0.3) is 11.4 Å². The Morgan fingerprint density at radius 1 is 1.41 bits per heavy atom. The van der Waals surface area contributed by atoms with E-state index in [1.165, 1.54) is 0 Å². The monoisotopic (exact) mass is 233 g/mol. The minimum Gasteiger partial charge on any atom is -0.494 e. The van der Waals surface area contributed by atoms with Crippen molar-refractivity contribution in [2.45, 2.75) is 13.3 Å². The molecule has 0 unspecified atom stereocenters. The Balaban J connectivity index is 2.22. The predicted octanol–water partition coefficient (Wildman–Crippen LogP) is 1.64. The molecule has 2 rings (SSSR count). The van der Waals surface area contributed by atoms with Crippen LogP contribution in [-0.4, -0.2) is 23.3 Å². The van der Waals surface area contributed by atoms with E-state index in [9.17, 15) is 0 Å². The molecule has 0 aliphatic rings. The summed E-state index contributed by atoms with van der Waals surface area (Å²) in [5, 5.41) is 3.91. The summed E-state index contributed by atoms with van der Waals surface area (Å²) in [7, 11) is 0. The number of nitrogens with zero attached hydrogens (tertiary/aromatic N) is 2. The summed E-state index contributed by atoms with van der Waals surface area (Å²) < 4.78 is 10.5. The molecule has 0 amide bonds. The molecule has 1 heterocycles. The van der Waals surface area contributed by atoms with Crippen LogP contribution in [-0.2, 0) is 6.42 Å². The van der Waals surface area contributed by atoms with Gasteiger partial charge in [-0.1, -0.05) is 17.3 Å². The van der Waals surface area contributed by atoms with Crippen LogP contribution in [0.4, 0.5) is 0 Å². The number of hydrogen-bond donors (Lipinski definition) is 1. The van der Waals surface area contributed by atoms with E-state index in [-0.39, 0.29) is 0 Å². The number of hydrogen-bond acceptors (Lipinski definition) is 5. The van der Waals surface area contributed by atoms with Gasteiger partial charge in [0.25, 0.3) is 0 Å². The van der Waals surface area contributed by atoms with Gasteiger partial charge in [-0.2, -0.15) is 4.98 Å². The maximum absolute atomic E-state index is 5.42. The van der Waals surface area contributed by atoms with E-state index in [4.69, 9.17) is 15.0 Å². The van der Waals surface area contributed by atoms with E-state index in [2.05, 4.69) is 10.1 Å². The smallest absolute Gasteiger partial charge is 0.228 e. The number of benzene rings is 1. The molecular formula is C12H15N3O2. The molecule has 0 spiro atoms. The van der Waals surface area contributed by atoms with Gasteiger partial charge in [0.15, 0.2) is 0 Å². The van der Waals surface area contributed by atoms with Crippen LogP contribution in [0.2, 0.25) is 0 Å². The standard InChI is InChI=1S/C12H15N3O2/c1-2-16-10-5-3-4-9(8-10)12-14-11(6-7-13)17-15-12/h3-5,8H,2,6-7,13H2,1H3. The lowest BCUT2D eigenvalue weighted by Crippen LogP contribution is -2.02. The summed E-state index contributed by atoms with van der Waals surface area (Å²) in [4.78, 5) is 4.26. The summed E-state index contributed by atoms with van der Waals surface area (Å²) in [5.41, 5.74) is 6.30. The summed E-state index contributed by atoms with van der Waals surface area (Å²) in [5.74, 6) is 1.93. The average Bonchev–Trinajstić information content (AvgIpc) is 2.79. The van der Waals surface area contributed by atoms with Crippen molar-refractivity contribution in [3.8, 4) is 17.1 Å². The zero-order valence-electron chi connectivity index (χ0n) is 9.72. The predicted molar refractivity (Wildman–Crippen MR) is 63.7 cm³/mol. The van der Waals surface area contributed by atoms with Gasteiger partial charge in [-0.05, 0) is 19.1 Å². The molecular weight excluding hydrogens is 218 g/mol. The highest BCUT2D eigenvalue weighted by molar-refractivity contribution is 5.56. The first-order valence-electron chi connectivity index (χ1n) is 5.59. The lowest BCUT2D eigenvalue weighted by molar-refractivity contribution is 0.340. The van der Waals surface area contributed by atoms with Gasteiger partial charge in [0.2, 0.25) is 11.7 Å². The van der Waals surface area contributed by atoms with Crippen LogP contribution in [0.1, 0.15) is 12.8 Å². The number of ether oxygens (including phenoxy) is 1. The quantitative estimate of drug-likeness (QED) is 0.849. The summed E-state index contributed by atoms with van der Waals surface area (Å²) in [6.45, 7) is 3.08. The van der Waals surface area contributed by atoms with Crippen molar-refractivity contribution in [1.82, 2.24) is 10.1 Å². The molecule has 90 valence electrons. The Morgan fingerprint density at radius 2 is 2.29 bits per heavy atom. The summed E-state index contributed by atoms with van der Waals surface area (Å²) in [6.07, 6.45) is 0.595. The largest absolute Gasteiger partial charge is 0.494 e. The molecule has 5 heteroatoms. The molecule has 0 atom stereocenters. The van der Waals surface area contributed by atoms with Gasteiger partial charge in [0, 0.05) is 18.5 Å².